The summed E-state index contributed by atoms with van der Waals surface area (Å²) in [6, 6.07) is 0. The summed E-state index contributed by atoms with van der Waals surface area (Å²) in [6.07, 6.45) is 29.4. The Balaban J connectivity index is 4.89. The maximum atomic E-state index is 13.1. The third-order valence-corrected chi connectivity index (χ3v) is 13.2. The summed E-state index contributed by atoms with van der Waals surface area (Å²) in [6.45, 7) is 6.97. The summed E-state index contributed by atoms with van der Waals surface area (Å²) in [4.78, 5) is 28.3. The molecule has 474 valence electrons. The number of hydrogen-bond acceptors (Lipinski definition) is 18. The van der Waals surface area contributed by atoms with Gasteiger partial charge in [0.05, 0.1) is 68.1 Å². The van der Waals surface area contributed by atoms with E-state index in [1.54, 1.807) is 86.8 Å². The van der Waals surface area contributed by atoms with Crippen molar-refractivity contribution in [2.75, 3.05) is 13.7 Å². The van der Waals surface area contributed by atoms with Crippen LogP contribution < -0.4 is 11.5 Å². The van der Waals surface area contributed by atoms with Crippen LogP contribution in [0, 0.1) is 17.8 Å². The average molecular weight is 1200 g/mol. The van der Waals surface area contributed by atoms with E-state index in [9.17, 15) is 78.7 Å². The van der Waals surface area contributed by atoms with Gasteiger partial charge >= 0.3 is 16.4 Å². The number of esters is 1. The van der Waals surface area contributed by atoms with Crippen LogP contribution in [0.25, 0.3) is 0 Å². The van der Waals surface area contributed by atoms with Crippen LogP contribution >= 0.6 is 0 Å². The first-order valence-electron chi connectivity index (χ1n) is 28.2. The van der Waals surface area contributed by atoms with E-state index in [1.165, 1.54) is 62.6 Å². The first-order valence-corrected chi connectivity index (χ1v) is 29.5. The molecule has 0 saturated heterocycles. The van der Waals surface area contributed by atoms with Crippen molar-refractivity contribution >= 4 is 28.1 Å². The third-order valence-electron chi connectivity index (χ3n) is 12.7. The molecule has 0 aromatic rings. The van der Waals surface area contributed by atoms with E-state index in [1.807, 2.05) is 37.3 Å². The number of aliphatic hydroxyl groups is 11. The zero-order chi connectivity index (χ0) is 63.5. The second-order valence-electron chi connectivity index (χ2n) is 20.5. The van der Waals surface area contributed by atoms with Gasteiger partial charge in [-0.15, -0.1) is 0 Å². The largest absolute Gasteiger partial charge is 0.466 e. The van der Waals surface area contributed by atoms with Crippen LogP contribution in [0.5, 0.6) is 0 Å². The molecule has 0 radical (unpaired) electrons. The van der Waals surface area contributed by atoms with Gasteiger partial charge in [-0.05, 0) is 64.7 Å². The summed E-state index contributed by atoms with van der Waals surface area (Å²) in [5.74, 6) is -3.23. The van der Waals surface area contributed by atoms with Crippen LogP contribution in [0.15, 0.2) is 162 Å². The van der Waals surface area contributed by atoms with Gasteiger partial charge in [0.2, 0.25) is 0 Å². The quantitative estimate of drug-likeness (QED) is 0.00588. The summed E-state index contributed by atoms with van der Waals surface area (Å²) >= 11 is 0. The fourth-order valence-corrected chi connectivity index (χ4v) is 8.39. The molecule has 84 heavy (non-hydrogen) atoms. The molecular weight excluding hydrogens is 1110 g/mol. The molecule has 0 aliphatic carbocycles. The number of unbranched alkanes of at least 4 members (excludes halogenated alkanes) is 1. The van der Waals surface area contributed by atoms with Crippen molar-refractivity contribution in [3.63, 3.8) is 0 Å². The van der Waals surface area contributed by atoms with Crippen molar-refractivity contribution in [3.05, 3.63) is 157 Å². The molecule has 0 amide bonds. The maximum absolute atomic E-state index is 13.1. The van der Waals surface area contributed by atoms with Gasteiger partial charge in [0.15, 0.2) is 11.7 Å². The van der Waals surface area contributed by atoms with E-state index >= 15 is 0 Å². The highest BCUT2D eigenvalue weighted by Gasteiger charge is 2.32. The zero-order valence-corrected chi connectivity index (χ0v) is 49.9. The van der Waals surface area contributed by atoms with Gasteiger partial charge in [-0.25, -0.2) is 8.98 Å². The van der Waals surface area contributed by atoms with Crippen molar-refractivity contribution < 1.29 is 87.7 Å². The van der Waals surface area contributed by atoms with Gasteiger partial charge in [0, 0.05) is 49.1 Å². The molecule has 22 heteroatoms. The molecule has 0 fully saturated rings. The van der Waals surface area contributed by atoms with E-state index in [-0.39, 0.29) is 62.8 Å². The zero-order valence-electron chi connectivity index (χ0n) is 49.1. The normalized spacial score (nSPS) is 19.0. The van der Waals surface area contributed by atoms with Gasteiger partial charge in [-0.1, -0.05) is 173 Å². The molecule has 15 atom stereocenters. The Bertz CT molecular complexity index is 2390. The molecule has 15 unspecified atom stereocenters. The first-order chi connectivity index (χ1) is 39.7. The number of guanidine groups is 1. The molecule has 0 heterocycles. The number of nitrogens with zero attached hydrogens (tertiary/aromatic N) is 1. The standard InChI is InChI=1S/C62H97N3O18S/c1-44(27-19-15-11-10-12-16-20-28-45(2)61(78)82-5)59(76)46(3)56(74)36-21-17-13-8-6-7-9-14-18-22-37-58(83-84(79,80)81)47(4)60(77)57(75)43-54(72)34-25-33-52(70)42-55(73)41-51(69)32-24-31-49(67)39-48(66)29-23-30-50(68)40-53(71)35-26-38-65-62(63)64/h6-10,12-14,16-25,27-29,32,34,36-37,44,46-59,66-76H,11,15,26,30-31,33,35,38-43H2,1-5H3,(H4,63,64,65)(H,79,80,81)/b8-6+,9-7+,12-10+,17-13+,18-14+,20-16+,27-19+,29-23+,32-24+,34-25+,36-21+,37-22-,45-28+. The lowest BCUT2D eigenvalue weighted by molar-refractivity contribution is -0.136. The summed E-state index contributed by atoms with van der Waals surface area (Å²) in [5.41, 5.74) is 11.0. The molecule has 0 bridgehead atoms. The SMILES string of the molecule is COC(=O)/C(C)=C/C=C/C=C/CC/C=C/C(C)C(O)C(C)C(O)/C=C/C=C/C=C/C=C/C=C/C=C\C(OS(=O)(=O)O)C(C)C(=O)C(O)CC(O)/C=C/CC(O)CC(O)CC(O)/C=C/CC(O)CC(O)/C=C/CC(O)CC(O)CCCN=C(N)N. The number of ketones is 1. The Morgan fingerprint density at radius 1 is 0.548 bits per heavy atom. The number of methoxy groups -OCH3 is 1. The summed E-state index contributed by atoms with van der Waals surface area (Å²) in [7, 11) is -3.71. The van der Waals surface area contributed by atoms with E-state index in [0.717, 1.165) is 12.8 Å². The van der Waals surface area contributed by atoms with E-state index in [4.69, 9.17) is 15.7 Å². The molecule has 16 N–H and O–H groups in total. The number of carbonyl (C=O) groups is 2. The highest BCUT2D eigenvalue weighted by atomic mass is 32.3. The molecule has 0 aliphatic rings. The summed E-state index contributed by atoms with van der Waals surface area (Å²) in [5, 5.41) is 114. The lowest BCUT2D eigenvalue weighted by atomic mass is 9.88. The fourth-order valence-electron chi connectivity index (χ4n) is 7.88. The number of nitrogens with two attached hydrogens (primary N) is 2. The number of Topliss-reactive ketones (excluding diaryl/α,β-unsaturated/α-hetero) is 1. The number of ether oxygens (including phenoxy) is 1. The van der Waals surface area contributed by atoms with Crippen LogP contribution in [0.4, 0.5) is 0 Å². The van der Waals surface area contributed by atoms with E-state index in [0.29, 0.717) is 25.0 Å². The van der Waals surface area contributed by atoms with Crippen LogP contribution in [0.3, 0.4) is 0 Å². The lowest BCUT2D eigenvalue weighted by Gasteiger charge is -2.25. The molecule has 0 saturated carbocycles. The van der Waals surface area contributed by atoms with Crippen molar-refractivity contribution in [1.29, 1.82) is 0 Å². The average Bonchev–Trinajstić information content (AvgIpc) is 3.47. The van der Waals surface area contributed by atoms with Crippen molar-refractivity contribution in [3.8, 4) is 0 Å². The van der Waals surface area contributed by atoms with Gasteiger partial charge in [-0.2, -0.15) is 8.42 Å². The minimum absolute atomic E-state index is 0.0256. The fraction of sp³-hybridized carbons (Fsp3) is 0.532. The first kappa shape index (κ1) is 78.5. The van der Waals surface area contributed by atoms with Crippen molar-refractivity contribution in [2.24, 2.45) is 34.2 Å². The van der Waals surface area contributed by atoms with Crippen LogP contribution in [0.2, 0.25) is 0 Å². The molecule has 21 nitrogen and oxygen atoms in total. The van der Waals surface area contributed by atoms with Gasteiger partial charge in [-0.3, -0.25) is 14.3 Å². The number of carbonyl (C=O) groups excluding carboxylic acids is 2. The Labute approximate surface area is 497 Å². The van der Waals surface area contributed by atoms with E-state index < -0.39 is 108 Å². The maximum Gasteiger partial charge on any atom is 0.397 e. The minimum Gasteiger partial charge on any atom is -0.466 e. The number of rotatable bonds is 45. The summed E-state index contributed by atoms with van der Waals surface area (Å²) < 4.78 is 41.9. The predicted octanol–water partition coefficient (Wildman–Crippen LogP) is 4.37. The van der Waals surface area contributed by atoms with Crippen LogP contribution in [0.1, 0.15) is 105 Å². The smallest absolute Gasteiger partial charge is 0.397 e. The molecule has 0 aromatic carbocycles. The van der Waals surface area contributed by atoms with Gasteiger partial charge in [0.25, 0.3) is 0 Å². The number of hydrogen-bond donors (Lipinski definition) is 14. The van der Waals surface area contributed by atoms with E-state index in [2.05, 4.69) is 9.73 Å². The highest BCUT2D eigenvalue weighted by molar-refractivity contribution is 7.80. The third kappa shape index (κ3) is 42.3. The van der Waals surface area contributed by atoms with Crippen LogP contribution in [-0.2, 0) is 28.9 Å². The molecule has 0 aliphatic heterocycles. The Morgan fingerprint density at radius 2 is 1.01 bits per heavy atom. The lowest BCUT2D eigenvalue weighted by Crippen LogP contribution is -2.37. The Morgan fingerprint density at radius 3 is 1.54 bits per heavy atom. The number of aliphatic hydroxyl groups excluding tert-OH is 11. The van der Waals surface area contributed by atoms with Gasteiger partial charge in [0.1, 0.15) is 12.2 Å². The second kappa shape index (κ2) is 46.7. The predicted molar refractivity (Wildman–Crippen MR) is 327 cm³/mol. The molecule has 0 rings (SSSR count). The number of allylic oxidation sites excluding steroid dienone is 16. The van der Waals surface area contributed by atoms with Gasteiger partial charge < -0.3 is 72.4 Å². The molecule has 0 spiro atoms. The van der Waals surface area contributed by atoms with Crippen molar-refractivity contribution in [2.45, 2.75) is 178 Å². The van der Waals surface area contributed by atoms with Crippen LogP contribution in [-0.4, -0.2) is 174 Å². The molecular formula is C62H97N3O18S. The van der Waals surface area contributed by atoms with Crippen molar-refractivity contribution in [1.82, 2.24) is 0 Å². The minimum atomic E-state index is -5.04. The number of aliphatic imine (C=N–C) groups is 1. The highest BCUT2D eigenvalue weighted by Crippen LogP contribution is 2.21. The monoisotopic (exact) mass is 1200 g/mol. The second-order valence-corrected chi connectivity index (χ2v) is 21.5. The topological polar surface area (TPSA) is 394 Å². The molecule has 0 aromatic heterocycles. The Hall–Kier alpha value is -5.54. The Kier molecular flexibility index (Phi) is 43.6.